The largest absolute Gasteiger partial charge is 0.360 e. The molecule has 0 aliphatic carbocycles. The van der Waals surface area contributed by atoms with Crippen LogP contribution in [-0.4, -0.2) is 21.0 Å². The van der Waals surface area contributed by atoms with Crippen LogP contribution in [0.25, 0.3) is 0 Å². The lowest BCUT2D eigenvalue weighted by Gasteiger charge is -2.07. The molecule has 0 fully saturated rings. The van der Waals surface area contributed by atoms with Gasteiger partial charge in [0.25, 0.3) is 5.91 Å². The molecule has 0 radical (unpaired) electrons. The van der Waals surface area contributed by atoms with E-state index in [0.29, 0.717) is 17.4 Å². The number of hydrogen-bond acceptors (Lipinski definition) is 6. The van der Waals surface area contributed by atoms with Crippen LogP contribution in [0, 0.1) is 13.8 Å². The van der Waals surface area contributed by atoms with Gasteiger partial charge in [0.15, 0.2) is 5.82 Å². The van der Waals surface area contributed by atoms with Crippen molar-refractivity contribution in [2.45, 2.75) is 13.8 Å². The summed E-state index contributed by atoms with van der Waals surface area (Å²) in [5.74, 6) is 1.39. The van der Waals surface area contributed by atoms with E-state index in [-0.39, 0.29) is 11.6 Å². The van der Waals surface area contributed by atoms with Gasteiger partial charge in [0.1, 0.15) is 17.3 Å². The molecule has 0 unspecified atom stereocenters. The Morgan fingerprint density at radius 2 is 1.91 bits per heavy atom. The fourth-order valence-corrected chi connectivity index (χ4v) is 1.97. The van der Waals surface area contributed by atoms with Crippen molar-refractivity contribution in [1.82, 2.24) is 15.1 Å². The Hall–Kier alpha value is -3.22. The van der Waals surface area contributed by atoms with Crippen LogP contribution >= 0.6 is 0 Å². The maximum absolute atomic E-state index is 12.2. The molecule has 1 amide bonds. The molecule has 3 aromatic rings. The zero-order chi connectivity index (χ0) is 16.2. The minimum Gasteiger partial charge on any atom is -0.360 e. The van der Waals surface area contributed by atoms with Crippen molar-refractivity contribution < 1.29 is 9.32 Å². The predicted molar refractivity (Wildman–Crippen MR) is 85.7 cm³/mol. The van der Waals surface area contributed by atoms with Gasteiger partial charge >= 0.3 is 0 Å². The number of carbonyl (C=O) groups excluding carboxylic acids is 1. The van der Waals surface area contributed by atoms with Gasteiger partial charge in [-0.05, 0) is 25.5 Å². The van der Waals surface area contributed by atoms with E-state index in [1.807, 2.05) is 31.2 Å². The summed E-state index contributed by atoms with van der Waals surface area (Å²) in [7, 11) is 0. The molecule has 2 heterocycles. The molecule has 7 heteroatoms. The van der Waals surface area contributed by atoms with Gasteiger partial charge < -0.3 is 15.2 Å². The standard InChI is InChI=1S/C16H15N5O2/c1-10-5-3-4-6-12(10)19-16(22)13-8-18-15(9-17-13)20-14-7-11(2)23-21-14/h3-9H,1-2H3,(H,19,22)(H,18,20,21). The van der Waals surface area contributed by atoms with Gasteiger partial charge in [0, 0.05) is 11.8 Å². The van der Waals surface area contributed by atoms with Crippen LogP contribution < -0.4 is 10.6 Å². The highest BCUT2D eigenvalue weighted by atomic mass is 16.5. The molecule has 2 N–H and O–H groups in total. The van der Waals surface area contributed by atoms with Crippen molar-refractivity contribution in [2.75, 3.05) is 10.6 Å². The van der Waals surface area contributed by atoms with Gasteiger partial charge in [-0.2, -0.15) is 0 Å². The van der Waals surface area contributed by atoms with Crippen molar-refractivity contribution in [3.8, 4) is 0 Å². The molecular weight excluding hydrogens is 294 g/mol. The van der Waals surface area contributed by atoms with Gasteiger partial charge in [0.05, 0.1) is 12.4 Å². The van der Waals surface area contributed by atoms with Crippen LogP contribution in [-0.2, 0) is 0 Å². The predicted octanol–water partition coefficient (Wildman–Crippen LogP) is 3.08. The van der Waals surface area contributed by atoms with Crippen molar-refractivity contribution in [1.29, 1.82) is 0 Å². The summed E-state index contributed by atoms with van der Waals surface area (Å²) in [6.07, 6.45) is 2.87. The Kier molecular flexibility index (Phi) is 4.01. The summed E-state index contributed by atoms with van der Waals surface area (Å²) in [5.41, 5.74) is 1.96. The Labute approximate surface area is 132 Å². The second-order valence-corrected chi connectivity index (χ2v) is 5.00. The average molecular weight is 309 g/mol. The number of para-hydroxylation sites is 1. The number of nitrogens with one attached hydrogen (secondary N) is 2. The van der Waals surface area contributed by atoms with Crippen LogP contribution in [0.4, 0.5) is 17.3 Å². The number of carbonyl (C=O) groups is 1. The van der Waals surface area contributed by atoms with Gasteiger partial charge in [0.2, 0.25) is 0 Å². The first-order valence-corrected chi connectivity index (χ1v) is 7.01. The molecule has 0 saturated heterocycles. The number of nitrogens with zero attached hydrogens (tertiary/aromatic N) is 3. The summed E-state index contributed by atoms with van der Waals surface area (Å²) in [4.78, 5) is 20.4. The highest BCUT2D eigenvalue weighted by Gasteiger charge is 2.10. The van der Waals surface area contributed by atoms with E-state index >= 15 is 0 Å². The number of aryl methyl sites for hydroxylation is 2. The third-order valence-corrected chi connectivity index (χ3v) is 3.16. The van der Waals surface area contributed by atoms with Crippen molar-refractivity contribution in [3.63, 3.8) is 0 Å². The van der Waals surface area contributed by atoms with Crippen LogP contribution in [0.15, 0.2) is 47.2 Å². The van der Waals surface area contributed by atoms with Crippen molar-refractivity contribution in [2.24, 2.45) is 0 Å². The molecule has 0 saturated carbocycles. The van der Waals surface area contributed by atoms with E-state index in [4.69, 9.17) is 4.52 Å². The number of hydrogen-bond donors (Lipinski definition) is 2. The third-order valence-electron chi connectivity index (χ3n) is 3.16. The van der Waals surface area contributed by atoms with E-state index in [2.05, 4.69) is 25.8 Å². The molecule has 3 rings (SSSR count). The Bertz CT molecular complexity index is 826. The molecule has 0 bridgehead atoms. The van der Waals surface area contributed by atoms with Gasteiger partial charge in [-0.1, -0.05) is 23.4 Å². The minimum atomic E-state index is -0.310. The number of rotatable bonds is 4. The quantitative estimate of drug-likeness (QED) is 0.769. The molecule has 0 spiro atoms. The second-order valence-electron chi connectivity index (χ2n) is 5.00. The number of benzene rings is 1. The molecule has 23 heavy (non-hydrogen) atoms. The monoisotopic (exact) mass is 309 g/mol. The van der Waals surface area contributed by atoms with E-state index in [1.54, 1.807) is 13.0 Å². The average Bonchev–Trinajstić information content (AvgIpc) is 2.95. The van der Waals surface area contributed by atoms with E-state index in [1.165, 1.54) is 12.4 Å². The topological polar surface area (TPSA) is 92.9 Å². The van der Waals surface area contributed by atoms with Gasteiger partial charge in [-0.15, -0.1) is 0 Å². The first-order chi connectivity index (χ1) is 11.1. The fraction of sp³-hybridized carbons (Fsp3) is 0.125. The minimum absolute atomic E-state index is 0.232. The Morgan fingerprint density at radius 1 is 1.09 bits per heavy atom. The van der Waals surface area contributed by atoms with Crippen LogP contribution in [0.5, 0.6) is 0 Å². The first kappa shape index (κ1) is 14.7. The lowest BCUT2D eigenvalue weighted by molar-refractivity contribution is 0.102. The SMILES string of the molecule is Cc1cc(Nc2cnc(C(=O)Nc3ccccc3C)cn2)no1. The fourth-order valence-electron chi connectivity index (χ4n) is 1.97. The van der Waals surface area contributed by atoms with Gasteiger partial charge in [-0.3, -0.25) is 4.79 Å². The lowest BCUT2D eigenvalue weighted by Crippen LogP contribution is -2.15. The van der Waals surface area contributed by atoms with E-state index < -0.39 is 0 Å². The molecular formula is C16H15N5O2. The number of anilines is 3. The Balaban J connectivity index is 1.69. The summed E-state index contributed by atoms with van der Waals surface area (Å²) < 4.78 is 4.95. The molecule has 7 nitrogen and oxygen atoms in total. The third kappa shape index (κ3) is 3.52. The van der Waals surface area contributed by atoms with Gasteiger partial charge in [-0.25, -0.2) is 9.97 Å². The molecule has 2 aromatic heterocycles. The maximum Gasteiger partial charge on any atom is 0.275 e. The summed E-state index contributed by atoms with van der Waals surface area (Å²) >= 11 is 0. The summed E-state index contributed by atoms with van der Waals surface area (Å²) in [6, 6.07) is 9.27. The zero-order valence-corrected chi connectivity index (χ0v) is 12.7. The maximum atomic E-state index is 12.2. The summed E-state index contributed by atoms with van der Waals surface area (Å²) in [5, 5.41) is 9.55. The number of aromatic nitrogens is 3. The van der Waals surface area contributed by atoms with Crippen LogP contribution in [0.2, 0.25) is 0 Å². The second kappa shape index (κ2) is 6.27. The van der Waals surface area contributed by atoms with Crippen LogP contribution in [0.1, 0.15) is 21.8 Å². The Morgan fingerprint density at radius 3 is 2.57 bits per heavy atom. The van der Waals surface area contributed by atoms with E-state index in [9.17, 15) is 4.79 Å². The molecule has 1 aromatic carbocycles. The number of amides is 1. The highest BCUT2D eigenvalue weighted by molar-refractivity contribution is 6.03. The molecule has 0 aliphatic rings. The zero-order valence-electron chi connectivity index (χ0n) is 12.7. The molecule has 0 aliphatic heterocycles. The van der Waals surface area contributed by atoms with Crippen molar-refractivity contribution in [3.05, 3.63) is 59.7 Å². The smallest absolute Gasteiger partial charge is 0.275 e. The molecule has 0 atom stereocenters. The van der Waals surface area contributed by atoms with Crippen molar-refractivity contribution >= 4 is 23.2 Å². The molecule has 116 valence electrons. The highest BCUT2D eigenvalue weighted by Crippen LogP contribution is 2.15. The van der Waals surface area contributed by atoms with Crippen LogP contribution in [0.3, 0.4) is 0 Å². The first-order valence-electron chi connectivity index (χ1n) is 7.01. The lowest BCUT2D eigenvalue weighted by atomic mass is 10.2. The van der Waals surface area contributed by atoms with E-state index in [0.717, 1.165) is 11.3 Å². The normalized spacial score (nSPS) is 10.3. The summed E-state index contributed by atoms with van der Waals surface area (Å²) in [6.45, 7) is 3.72.